The predicted octanol–water partition coefficient (Wildman–Crippen LogP) is 1.18. The van der Waals surface area contributed by atoms with Crippen LogP contribution in [0.15, 0.2) is 47.0 Å². The first-order chi connectivity index (χ1) is 10.7. The molecule has 3 amide bonds. The SMILES string of the molecule is C=CCn1cnnc1SCC(=O)NC(=O)NCc1ccco1. The van der Waals surface area contributed by atoms with E-state index in [2.05, 4.69) is 27.4 Å². The van der Waals surface area contributed by atoms with E-state index in [4.69, 9.17) is 4.42 Å². The second kappa shape index (κ2) is 8.03. The Morgan fingerprint density at radius 3 is 3.09 bits per heavy atom. The normalized spacial score (nSPS) is 10.2. The Hall–Kier alpha value is -2.55. The first kappa shape index (κ1) is 15.8. The number of nitrogens with one attached hydrogen (secondary N) is 2. The van der Waals surface area contributed by atoms with Gasteiger partial charge in [-0.3, -0.25) is 10.1 Å². The summed E-state index contributed by atoms with van der Waals surface area (Å²) in [5, 5.41) is 13.0. The average molecular weight is 321 g/mol. The van der Waals surface area contributed by atoms with E-state index >= 15 is 0 Å². The van der Waals surface area contributed by atoms with Gasteiger partial charge in [-0.2, -0.15) is 0 Å². The smallest absolute Gasteiger partial charge is 0.321 e. The molecule has 0 spiro atoms. The van der Waals surface area contributed by atoms with Gasteiger partial charge in [-0.25, -0.2) is 4.79 Å². The van der Waals surface area contributed by atoms with Gasteiger partial charge in [0.05, 0.1) is 18.6 Å². The Morgan fingerprint density at radius 1 is 1.50 bits per heavy atom. The molecule has 2 aromatic heterocycles. The summed E-state index contributed by atoms with van der Waals surface area (Å²) in [5.41, 5.74) is 0. The monoisotopic (exact) mass is 321 g/mol. The molecule has 0 unspecified atom stereocenters. The van der Waals surface area contributed by atoms with E-state index in [0.717, 1.165) is 0 Å². The lowest BCUT2D eigenvalue weighted by atomic mass is 10.4. The van der Waals surface area contributed by atoms with Gasteiger partial charge in [0.15, 0.2) is 5.16 Å². The highest BCUT2D eigenvalue weighted by molar-refractivity contribution is 7.99. The van der Waals surface area contributed by atoms with Crippen LogP contribution in [0.1, 0.15) is 5.76 Å². The molecule has 2 rings (SSSR count). The van der Waals surface area contributed by atoms with E-state index in [1.54, 1.807) is 29.1 Å². The highest BCUT2D eigenvalue weighted by atomic mass is 32.2. The molecule has 2 N–H and O–H groups in total. The molecule has 0 saturated heterocycles. The average Bonchev–Trinajstić information content (AvgIpc) is 3.15. The second-order valence-corrected chi connectivity index (χ2v) is 5.10. The standard InChI is InChI=1S/C13H15N5O3S/c1-2-5-18-9-15-17-13(18)22-8-11(19)16-12(20)14-7-10-4-3-6-21-10/h2-4,6,9H,1,5,7-8H2,(H2,14,16,19,20). The molecule has 0 aliphatic heterocycles. The van der Waals surface area contributed by atoms with E-state index in [1.807, 2.05) is 0 Å². The molecule has 0 atom stereocenters. The first-order valence-corrected chi connectivity index (χ1v) is 7.39. The zero-order valence-electron chi connectivity index (χ0n) is 11.7. The van der Waals surface area contributed by atoms with Crippen LogP contribution in [0.4, 0.5) is 4.79 Å². The molecule has 0 aromatic carbocycles. The van der Waals surface area contributed by atoms with E-state index < -0.39 is 11.9 Å². The maximum atomic E-state index is 11.7. The van der Waals surface area contributed by atoms with Crippen LogP contribution in [0.5, 0.6) is 0 Å². The van der Waals surface area contributed by atoms with Gasteiger partial charge in [0, 0.05) is 6.54 Å². The summed E-state index contributed by atoms with van der Waals surface area (Å²) < 4.78 is 6.82. The van der Waals surface area contributed by atoms with Gasteiger partial charge in [-0.1, -0.05) is 17.8 Å². The zero-order chi connectivity index (χ0) is 15.8. The van der Waals surface area contributed by atoms with E-state index in [9.17, 15) is 9.59 Å². The van der Waals surface area contributed by atoms with Crippen LogP contribution >= 0.6 is 11.8 Å². The van der Waals surface area contributed by atoms with Crippen molar-refractivity contribution < 1.29 is 14.0 Å². The molecule has 0 fully saturated rings. The molecular weight excluding hydrogens is 306 g/mol. The van der Waals surface area contributed by atoms with Crippen LogP contribution in [0, 0.1) is 0 Å². The van der Waals surface area contributed by atoms with Crippen molar-refractivity contribution in [3.05, 3.63) is 43.1 Å². The first-order valence-electron chi connectivity index (χ1n) is 6.40. The van der Waals surface area contributed by atoms with Crippen LogP contribution in [-0.4, -0.2) is 32.5 Å². The number of furan rings is 1. The van der Waals surface area contributed by atoms with Crippen molar-refractivity contribution in [3.8, 4) is 0 Å². The van der Waals surface area contributed by atoms with Gasteiger partial charge in [-0.05, 0) is 12.1 Å². The van der Waals surface area contributed by atoms with Crippen LogP contribution < -0.4 is 10.6 Å². The minimum Gasteiger partial charge on any atom is -0.467 e. The second-order valence-electron chi connectivity index (χ2n) is 4.15. The molecule has 0 aliphatic rings. The molecule has 22 heavy (non-hydrogen) atoms. The fourth-order valence-electron chi connectivity index (χ4n) is 1.54. The number of urea groups is 1. The summed E-state index contributed by atoms with van der Waals surface area (Å²) in [7, 11) is 0. The van der Waals surface area contributed by atoms with Gasteiger partial charge >= 0.3 is 6.03 Å². The summed E-state index contributed by atoms with van der Waals surface area (Å²) in [6.07, 6.45) is 4.77. The van der Waals surface area contributed by atoms with Gasteiger partial charge in [-0.15, -0.1) is 16.8 Å². The number of hydrogen-bond donors (Lipinski definition) is 2. The Bertz CT molecular complexity index is 638. The molecule has 0 radical (unpaired) electrons. The fraction of sp³-hybridized carbons (Fsp3) is 0.231. The van der Waals surface area contributed by atoms with Crippen molar-refractivity contribution in [3.63, 3.8) is 0 Å². The fourth-order valence-corrected chi connectivity index (χ4v) is 2.26. The predicted molar refractivity (Wildman–Crippen MR) is 80.0 cm³/mol. The summed E-state index contributed by atoms with van der Waals surface area (Å²) in [4.78, 5) is 23.2. The molecule has 9 heteroatoms. The molecule has 0 bridgehead atoms. The van der Waals surface area contributed by atoms with Crippen LogP contribution in [0.2, 0.25) is 0 Å². The molecule has 2 heterocycles. The molecular formula is C13H15N5O3S. The number of rotatable bonds is 7. The lowest BCUT2D eigenvalue weighted by molar-refractivity contribution is -0.117. The van der Waals surface area contributed by atoms with Crippen molar-refractivity contribution in [2.24, 2.45) is 0 Å². The summed E-state index contributed by atoms with van der Waals surface area (Å²) in [6.45, 7) is 4.40. The lowest BCUT2D eigenvalue weighted by Crippen LogP contribution is -2.39. The van der Waals surface area contributed by atoms with Crippen molar-refractivity contribution in [1.82, 2.24) is 25.4 Å². The van der Waals surface area contributed by atoms with E-state index in [1.165, 1.54) is 18.0 Å². The minimum absolute atomic E-state index is 0.0595. The van der Waals surface area contributed by atoms with Gasteiger partial charge in [0.25, 0.3) is 0 Å². The topological polar surface area (TPSA) is 102 Å². The van der Waals surface area contributed by atoms with Crippen LogP contribution in [-0.2, 0) is 17.9 Å². The molecule has 8 nitrogen and oxygen atoms in total. The molecule has 2 aromatic rings. The number of allylic oxidation sites excluding steroid dienone is 1. The third-order valence-electron chi connectivity index (χ3n) is 2.49. The third-order valence-corrected chi connectivity index (χ3v) is 3.48. The molecule has 0 aliphatic carbocycles. The number of amides is 3. The minimum atomic E-state index is -0.574. The Morgan fingerprint density at radius 2 is 2.36 bits per heavy atom. The number of thioether (sulfide) groups is 1. The number of imide groups is 1. The summed E-state index contributed by atoms with van der Waals surface area (Å²) in [5.74, 6) is 0.244. The number of hydrogen-bond acceptors (Lipinski definition) is 6. The highest BCUT2D eigenvalue weighted by Crippen LogP contribution is 2.13. The number of carbonyl (C=O) groups is 2. The van der Waals surface area contributed by atoms with Crippen molar-refractivity contribution in [2.45, 2.75) is 18.2 Å². The number of nitrogens with zero attached hydrogens (tertiary/aromatic N) is 3. The van der Waals surface area contributed by atoms with Crippen LogP contribution in [0.3, 0.4) is 0 Å². The maximum absolute atomic E-state index is 11.7. The highest BCUT2D eigenvalue weighted by Gasteiger charge is 2.11. The quantitative estimate of drug-likeness (QED) is 0.586. The molecule has 0 saturated carbocycles. The van der Waals surface area contributed by atoms with Crippen molar-refractivity contribution >= 4 is 23.7 Å². The van der Waals surface area contributed by atoms with E-state index in [0.29, 0.717) is 17.5 Å². The number of carbonyl (C=O) groups excluding carboxylic acids is 2. The van der Waals surface area contributed by atoms with Crippen LogP contribution in [0.25, 0.3) is 0 Å². The summed E-state index contributed by atoms with van der Waals surface area (Å²) in [6, 6.07) is 2.87. The maximum Gasteiger partial charge on any atom is 0.321 e. The van der Waals surface area contributed by atoms with E-state index in [-0.39, 0.29) is 12.3 Å². The third kappa shape index (κ3) is 4.77. The molecule has 116 valence electrons. The van der Waals surface area contributed by atoms with Crippen molar-refractivity contribution in [2.75, 3.05) is 5.75 Å². The Balaban J connectivity index is 1.71. The lowest BCUT2D eigenvalue weighted by Gasteiger charge is -2.05. The Kier molecular flexibility index (Phi) is 5.78. The van der Waals surface area contributed by atoms with Gasteiger partial charge < -0.3 is 14.3 Å². The zero-order valence-corrected chi connectivity index (χ0v) is 12.5. The Labute approximate surface area is 131 Å². The van der Waals surface area contributed by atoms with Crippen molar-refractivity contribution in [1.29, 1.82) is 0 Å². The largest absolute Gasteiger partial charge is 0.467 e. The van der Waals surface area contributed by atoms with Gasteiger partial charge in [0.2, 0.25) is 5.91 Å². The summed E-state index contributed by atoms with van der Waals surface area (Å²) >= 11 is 1.19. The number of aromatic nitrogens is 3. The van der Waals surface area contributed by atoms with Gasteiger partial charge in [0.1, 0.15) is 12.1 Å².